The highest BCUT2D eigenvalue weighted by atomic mass is 19.1. The number of halogens is 1. The van der Waals surface area contributed by atoms with Crippen LogP contribution in [-0.2, 0) is 4.74 Å². The third-order valence-electron chi connectivity index (χ3n) is 3.23. The van der Waals surface area contributed by atoms with Crippen molar-refractivity contribution in [3.63, 3.8) is 0 Å². The molecule has 0 aliphatic carbocycles. The second-order valence-electron chi connectivity index (χ2n) is 4.53. The Morgan fingerprint density at radius 2 is 1.78 bits per heavy atom. The summed E-state index contributed by atoms with van der Waals surface area (Å²) in [4.78, 5) is 12.0. The van der Waals surface area contributed by atoms with Crippen molar-refractivity contribution < 1.29 is 13.9 Å². The number of ether oxygens (including phenoxy) is 1. The van der Waals surface area contributed by atoms with Gasteiger partial charge in [0.25, 0.3) is 0 Å². The molecule has 100 valence electrons. The molecule has 1 rings (SSSR count). The molecule has 0 aliphatic heterocycles. The molecular formula is C15H21FO2. The maximum Gasteiger partial charge on any atom is 0.191 e. The predicted molar refractivity (Wildman–Crippen MR) is 70.2 cm³/mol. The van der Waals surface area contributed by atoms with E-state index >= 15 is 0 Å². The van der Waals surface area contributed by atoms with E-state index in [0.29, 0.717) is 18.1 Å². The standard InChI is InChI=1S/C15H21FO2/c1-4-12(5-2)10-18-11(3)15(17)13-6-8-14(16)9-7-13/h6-9,11-12H,4-5,10H2,1-3H3. The van der Waals surface area contributed by atoms with E-state index in [1.54, 1.807) is 6.92 Å². The Balaban J connectivity index is 2.53. The van der Waals surface area contributed by atoms with Crippen molar-refractivity contribution in [3.8, 4) is 0 Å². The van der Waals surface area contributed by atoms with Crippen LogP contribution < -0.4 is 0 Å². The van der Waals surface area contributed by atoms with E-state index < -0.39 is 6.10 Å². The highest BCUT2D eigenvalue weighted by Gasteiger charge is 2.17. The third kappa shape index (κ3) is 4.22. The first-order chi connectivity index (χ1) is 8.58. The SMILES string of the molecule is CCC(CC)COC(C)C(=O)c1ccc(F)cc1. The maximum absolute atomic E-state index is 12.8. The summed E-state index contributed by atoms with van der Waals surface area (Å²) >= 11 is 0. The monoisotopic (exact) mass is 252 g/mol. The summed E-state index contributed by atoms with van der Waals surface area (Å²) in [5.74, 6) is 0.0616. The lowest BCUT2D eigenvalue weighted by Crippen LogP contribution is -2.23. The first kappa shape index (κ1) is 14.8. The van der Waals surface area contributed by atoms with Gasteiger partial charge >= 0.3 is 0 Å². The number of hydrogen-bond donors (Lipinski definition) is 0. The average Bonchev–Trinajstić information content (AvgIpc) is 2.39. The summed E-state index contributed by atoms with van der Waals surface area (Å²) in [7, 11) is 0. The van der Waals surface area contributed by atoms with Gasteiger partial charge in [0.2, 0.25) is 0 Å². The molecule has 0 N–H and O–H groups in total. The van der Waals surface area contributed by atoms with Crippen molar-refractivity contribution in [2.24, 2.45) is 5.92 Å². The molecule has 1 aromatic rings. The highest BCUT2D eigenvalue weighted by molar-refractivity contribution is 5.99. The quantitative estimate of drug-likeness (QED) is 0.689. The number of carbonyl (C=O) groups excluding carboxylic acids is 1. The van der Waals surface area contributed by atoms with Crippen LogP contribution in [0.4, 0.5) is 4.39 Å². The molecule has 18 heavy (non-hydrogen) atoms. The van der Waals surface area contributed by atoms with E-state index in [4.69, 9.17) is 4.74 Å². The van der Waals surface area contributed by atoms with Crippen LogP contribution in [0, 0.1) is 11.7 Å². The minimum absolute atomic E-state index is 0.0963. The molecule has 0 aromatic heterocycles. The second kappa shape index (κ2) is 7.27. The first-order valence-corrected chi connectivity index (χ1v) is 6.49. The molecule has 0 bridgehead atoms. The lowest BCUT2D eigenvalue weighted by Gasteiger charge is -2.17. The molecule has 1 aromatic carbocycles. The van der Waals surface area contributed by atoms with Gasteiger partial charge in [0.15, 0.2) is 5.78 Å². The summed E-state index contributed by atoms with van der Waals surface area (Å²) < 4.78 is 18.3. The Kier molecular flexibility index (Phi) is 5.99. The van der Waals surface area contributed by atoms with E-state index in [2.05, 4.69) is 13.8 Å². The lowest BCUT2D eigenvalue weighted by atomic mass is 10.0. The molecule has 3 heteroatoms. The normalized spacial score (nSPS) is 12.7. The number of rotatable bonds is 7. The van der Waals surface area contributed by atoms with Gasteiger partial charge in [0.05, 0.1) is 6.61 Å². The Labute approximate surface area is 108 Å². The fourth-order valence-corrected chi connectivity index (χ4v) is 1.73. The van der Waals surface area contributed by atoms with Crippen LogP contribution in [0.25, 0.3) is 0 Å². The van der Waals surface area contributed by atoms with Gasteiger partial charge in [-0.25, -0.2) is 4.39 Å². The molecule has 0 aliphatic rings. The van der Waals surface area contributed by atoms with Crippen LogP contribution in [-0.4, -0.2) is 18.5 Å². The topological polar surface area (TPSA) is 26.3 Å². The Morgan fingerprint density at radius 3 is 2.28 bits per heavy atom. The molecule has 0 saturated carbocycles. The van der Waals surface area contributed by atoms with Crippen molar-refractivity contribution in [2.45, 2.75) is 39.7 Å². The average molecular weight is 252 g/mol. The molecular weight excluding hydrogens is 231 g/mol. The largest absolute Gasteiger partial charge is 0.370 e. The molecule has 0 spiro atoms. The molecule has 1 unspecified atom stereocenters. The van der Waals surface area contributed by atoms with Crippen molar-refractivity contribution in [3.05, 3.63) is 35.6 Å². The minimum atomic E-state index is -0.476. The summed E-state index contributed by atoms with van der Waals surface area (Å²) in [5.41, 5.74) is 0.494. The zero-order valence-electron chi connectivity index (χ0n) is 11.3. The van der Waals surface area contributed by atoms with E-state index in [1.807, 2.05) is 0 Å². The Bertz CT molecular complexity index is 369. The molecule has 0 amide bonds. The predicted octanol–water partition coefficient (Wildman–Crippen LogP) is 3.85. The van der Waals surface area contributed by atoms with Gasteiger partial charge in [-0.3, -0.25) is 4.79 Å². The van der Waals surface area contributed by atoms with Crippen LogP contribution in [0.5, 0.6) is 0 Å². The molecule has 0 heterocycles. The number of hydrogen-bond acceptors (Lipinski definition) is 2. The van der Waals surface area contributed by atoms with Crippen molar-refractivity contribution >= 4 is 5.78 Å². The van der Waals surface area contributed by atoms with Crippen LogP contribution in [0.2, 0.25) is 0 Å². The minimum Gasteiger partial charge on any atom is -0.370 e. The maximum atomic E-state index is 12.8. The van der Waals surface area contributed by atoms with Crippen LogP contribution in [0.3, 0.4) is 0 Å². The van der Waals surface area contributed by atoms with Crippen LogP contribution in [0.1, 0.15) is 44.0 Å². The second-order valence-corrected chi connectivity index (χ2v) is 4.53. The summed E-state index contributed by atoms with van der Waals surface area (Å²) in [6, 6.07) is 5.57. The van der Waals surface area contributed by atoms with Gasteiger partial charge in [0, 0.05) is 5.56 Å². The first-order valence-electron chi connectivity index (χ1n) is 6.49. The Morgan fingerprint density at radius 1 is 1.22 bits per heavy atom. The van der Waals surface area contributed by atoms with Crippen molar-refractivity contribution in [2.75, 3.05) is 6.61 Å². The fraction of sp³-hybridized carbons (Fsp3) is 0.533. The van der Waals surface area contributed by atoms with E-state index in [-0.39, 0.29) is 11.6 Å². The van der Waals surface area contributed by atoms with Gasteiger partial charge in [-0.2, -0.15) is 0 Å². The smallest absolute Gasteiger partial charge is 0.191 e. The van der Waals surface area contributed by atoms with Gasteiger partial charge in [-0.1, -0.05) is 26.7 Å². The molecule has 2 nitrogen and oxygen atoms in total. The van der Waals surface area contributed by atoms with Gasteiger partial charge < -0.3 is 4.74 Å². The van der Waals surface area contributed by atoms with Gasteiger partial charge in [0.1, 0.15) is 11.9 Å². The molecule has 0 saturated heterocycles. The number of Topliss-reactive ketones (excluding diaryl/α,β-unsaturated/α-hetero) is 1. The van der Waals surface area contributed by atoms with E-state index in [9.17, 15) is 9.18 Å². The third-order valence-corrected chi connectivity index (χ3v) is 3.23. The zero-order chi connectivity index (χ0) is 13.5. The Hall–Kier alpha value is -1.22. The lowest BCUT2D eigenvalue weighted by molar-refractivity contribution is 0.0331. The zero-order valence-corrected chi connectivity index (χ0v) is 11.3. The van der Waals surface area contributed by atoms with E-state index in [1.165, 1.54) is 24.3 Å². The highest BCUT2D eigenvalue weighted by Crippen LogP contribution is 2.12. The fourth-order valence-electron chi connectivity index (χ4n) is 1.73. The molecule has 0 fully saturated rings. The van der Waals surface area contributed by atoms with Crippen molar-refractivity contribution in [1.29, 1.82) is 0 Å². The molecule has 1 atom stereocenters. The van der Waals surface area contributed by atoms with E-state index in [0.717, 1.165) is 12.8 Å². The van der Waals surface area contributed by atoms with Crippen LogP contribution in [0.15, 0.2) is 24.3 Å². The van der Waals surface area contributed by atoms with Crippen molar-refractivity contribution in [1.82, 2.24) is 0 Å². The van der Waals surface area contributed by atoms with Crippen LogP contribution >= 0.6 is 0 Å². The summed E-state index contributed by atoms with van der Waals surface area (Å²) in [6.07, 6.45) is 1.62. The summed E-state index contributed by atoms with van der Waals surface area (Å²) in [5, 5.41) is 0. The molecule has 0 radical (unpaired) electrons. The number of ketones is 1. The summed E-state index contributed by atoms with van der Waals surface area (Å²) in [6.45, 7) is 6.57. The van der Waals surface area contributed by atoms with Gasteiger partial charge in [-0.15, -0.1) is 0 Å². The van der Waals surface area contributed by atoms with Gasteiger partial charge in [-0.05, 0) is 37.1 Å². The number of carbonyl (C=O) groups is 1. The number of benzene rings is 1.